The number of rotatable bonds is 6. The van der Waals surface area contributed by atoms with Gasteiger partial charge in [-0.25, -0.2) is 14.5 Å². The zero-order valence-electron chi connectivity index (χ0n) is 20.0. The molecule has 8 nitrogen and oxygen atoms in total. The third-order valence-electron chi connectivity index (χ3n) is 5.74. The fourth-order valence-corrected chi connectivity index (χ4v) is 4.45. The summed E-state index contributed by atoms with van der Waals surface area (Å²) in [7, 11) is 0. The summed E-state index contributed by atoms with van der Waals surface area (Å²) in [5.41, 5.74) is -4.24. The lowest BCUT2D eigenvalue weighted by atomic mass is 10.0. The molecule has 5 amide bonds. The van der Waals surface area contributed by atoms with E-state index in [1.54, 1.807) is 44.2 Å². The standard InChI is InChI=1S/C25H21ClF3N5O3S/c1-24(2)21(35)34(18-7-9-19(10-8-18)38-25(27,28)29)23(37)33(24)14-15-11-12-30-13-20(15)32-22(36)31-17-5-3-16(26)4-6-17/h3-13H,14H2,1-2H3,(H2,31,32,36). The van der Waals surface area contributed by atoms with E-state index in [9.17, 15) is 27.6 Å². The number of carbonyl (C=O) groups excluding carboxylic acids is 3. The van der Waals surface area contributed by atoms with E-state index in [0.29, 0.717) is 22.0 Å². The van der Waals surface area contributed by atoms with Crippen molar-refractivity contribution in [2.45, 2.75) is 36.3 Å². The van der Waals surface area contributed by atoms with Crippen LogP contribution in [0.15, 0.2) is 71.9 Å². The van der Waals surface area contributed by atoms with E-state index in [-0.39, 0.29) is 28.9 Å². The average molecular weight is 564 g/mol. The van der Waals surface area contributed by atoms with Gasteiger partial charge in [-0.05, 0) is 85.8 Å². The number of carbonyl (C=O) groups is 3. The summed E-state index contributed by atoms with van der Waals surface area (Å²) in [5, 5.41) is 5.88. The lowest BCUT2D eigenvalue weighted by molar-refractivity contribution is -0.123. The number of imide groups is 1. The van der Waals surface area contributed by atoms with Crippen LogP contribution in [-0.2, 0) is 11.3 Å². The van der Waals surface area contributed by atoms with Gasteiger partial charge in [-0.3, -0.25) is 9.78 Å². The molecule has 1 aromatic heterocycles. The summed E-state index contributed by atoms with van der Waals surface area (Å²) in [4.78, 5) is 45.4. The molecule has 1 aliphatic heterocycles. The van der Waals surface area contributed by atoms with Crippen LogP contribution in [0.3, 0.4) is 0 Å². The van der Waals surface area contributed by atoms with Crippen LogP contribution >= 0.6 is 23.4 Å². The molecule has 1 fully saturated rings. The molecule has 38 heavy (non-hydrogen) atoms. The van der Waals surface area contributed by atoms with E-state index in [1.807, 2.05) is 0 Å². The van der Waals surface area contributed by atoms with Crippen molar-refractivity contribution < 1.29 is 27.6 Å². The molecular formula is C25H21ClF3N5O3S. The minimum atomic E-state index is -4.46. The first-order chi connectivity index (χ1) is 17.8. The number of halogens is 4. The number of hydrogen-bond donors (Lipinski definition) is 2. The van der Waals surface area contributed by atoms with Gasteiger partial charge in [0.2, 0.25) is 0 Å². The number of amides is 5. The van der Waals surface area contributed by atoms with Crippen LogP contribution in [0.5, 0.6) is 0 Å². The SMILES string of the molecule is CC1(C)C(=O)N(c2ccc(SC(F)(F)F)cc2)C(=O)N1Cc1ccncc1NC(=O)Nc1ccc(Cl)cc1. The van der Waals surface area contributed by atoms with Gasteiger partial charge < -0.3 is 15.5 Å². The zero-order chi connectivity index (χ0) is 27.7. The Morgan fingerprint density at radius 3 is 2.32 bits per heavy atom. The first-order valence-corrected chi connectivity index (χ1v) is 12.3. The number of anilines is 3. The fraction of sp³-hybridized carbons (Fsp3) is 0.200. The molecule has 13 heteroatoms. The van der Waals surface area contributed by atoms with Crippen molar-refractivity contribution in [3.8, 4) is 0 Å². The molecule has 1 aliphatic rings. The Balaban J connectivity index is 1.52. The van der Waals surface area contributed by atoms with Crippen molar-refractivity contribution in [3.63, 3.8) is 0 Å². The number of nitrogens with zero attached hydrogens (tertiary/aromatic N) is 3. The molecule has 0 aliphatic carbocycles. The van der Waals surface area contributed by atoms with Crippen molar-refractivity contribution >= 4 is 58.4 Å². The number of aromatic nitrogens is 1. The molecule has 1 saturated heterocycles. The summed E-state index contributed by atoms with van der Waals surface area (Å²) in [6.07, 6.45) is 2.91. The average Bonchev–Trinajstić information content (AvgIpc) is 3.00. The van der Waals surface area contributed by atoms with Gasteiger partial charge in [-0.15, -0.1) is 0 Å². The predicted molar refractivity (Wildman–Crippen MR) is 139 cm³/mol. The van der Waals surface area contributed by atoms with E-state index < -0.39 is 29.0 Å². The maximum atomic E-state index is 13.4. The van der Waals surface area contributed by atoms with Crippen LogP contribution in [0, 0.1) is 0 Å². The second-order valence-corrected chi connectivity index (χ2v) is 10.3. The summed E-state index contributed by atoms with van der Waals surface area (Å²) in [6, 6.07) is 11.9. The summed E-state index contributed by atoms with van der Waals surface area (Å²) >= 11 is 5.58. The van der Waals surface area contributed by atoms with Crippen molar-refractivity contribution in [1.82, 2.24) is 9.88 Å². The van der Waals surface area contributed by atoms with Crippen molar-refractivity contribution in [2.24, 2.45) is 0 Å². The highest BCUT2D eigenvalue weighted by atomic mass is 35.5. The Morgan fingerprint density at radius 2 is 1.68 bits per heavy atom. The molecule has 0 bridgehead atoms. The van der Waals surface area contributed by atoms with Crippen LogP contribution in [0.1, 0.15) is 19.4 Å². The van der Waals surface area contributed by atoms with Gasteiger partial charge in [0.25, 0.3) is 5.91 Å². The molecule has 0 unspecified atom stereocenters. The monoisotopic (exact) mass is 563 g/mol. The lowest BCUT2D eigenvalue weighted by Crippen LogP contribution is -2.43. The van der Waals surface area contributed by atoms with Gasteiger partial charge in [0.1, 0.15) is 5.54 Å². The molecule has 0 radical (unpaired) electrons. The van der Waals surface area contributed by atoms with Gasteiger partial charge in [0.05, 0.1) is 24.1 Å². The Labute approximate surface area is 225 Å². The van der Waals surface area contributed by atoms with Crippen LogP contribution < -0.4 is 15.5 Å². The minimum Gasteiger partial charge on any atom is -0.308 e. The normalized spacial score (nSPS) is 15.1. The zero-order valence-corrected chi connectivity index (χ0v) is 21.6. The van der Waals surface area contributed by atoms with Gasteiger partial charge in [0.15, 0.2) is 0 Å². The Morgan fingerprint density at radius 1 is 1.03 bits per heavy atom. The molecule has 2 heterocycles. The highest BCUT2D eigenvalue weighted by Crippen LogP contribution is 2.39. The molecule has 198 valence electrons. The molecule has 0 spiro atoms. The maximum Gasteiger partial charge on any atom is 0.446 e. The molecule has 0 saturated carbocycles. The molecular weight excluding hydrogens is 543 g/mol. The summed E-state index contributed by atoms with van der Waals surface area (Å²) < 4.78 is 38.0. The van der Waals surface area contributed by atoms with E-state index in [2.05, 4.69) is 15.6 Å². The number of alkyl halides is 3. The topological polar surface area (TPSA) is 94.6 Å². The molecule has 0 atom stereocenters. The smallest absolute Gasteiger partial charge is 0.308 e. The second-order valence-electron chi connectivity index (χ2n) is 8.73. The third kappa shape index (κ3) is 6.03. The Kier molecular flexibility index (Phi) is 7.56. The predicted octanol–water partition coefficient (Wildman–Crippen LogP) is 6.74. The largest absolute Gasteiger partial charge is 0.446 e. The van der Waals surface area contributed by atoms with Gasteiger partial charge in [-0.1, -0.05) is 11.6 Å². The molecule has 2 N–H and O–H groups in total. The minimum absolute atomic E-state index is 0.0465. The van der Waals surface area contributed by atoms with E-state index in [0.717, 1.165) is 4.90 Å². The third-order valence-corrected chi connectivity index (χ3v) is 6.73. The molecule has 2 aromatic carbocycles. The number of benzene rings is 2. The van der Waals surface area contributed by atoms with E-state index in [1.165, 1.54) is 41.6 Å². The number of pyridine rings is 1. The van der Waals surface area contributed by atoms with E-state index in [4.69, 9.17) is 11.6 Å². The molecule has 3 aromatic rings. The lowest BCUT2D eigenvalue weighted by Gasteiger charge is -2.28. The highest BCUT2D eigenvalue weighted by Gasteiger charge is 2.52. The summed E-state index contributed by atoms with van der Waals surface area (Å²) in [5.74, 6) is -0.539. The van der Waals surface area contributed by atoms with Crippen molar-refractivity contribution in [2.75, 3.05) is 15.5 Å². The van der Waals surface area contributed by atoms with Crippen LogP contribution in [0.25, 0.3) is 0 Å². The van der Waals surface area contributed by atoms with Crippen molar-refractivity contribution in [1.29, 1.82) is 0 Å². The van der Waals surface area contributed by atoms with Gasteiger partial charge >= 0.3 is 17.6 Å². The quantitative estimate of drug-likeness (QED) is 0.256. The first-order valence-electron chi connectivity index (χ1n) is 11.1. The van der Waals surface area contributed by atoms with E-state index >= 15 is 0 Å². The highest BCUT2D eigenvalue weighted by molar-refractivity contribution is 8.00. The fourth-order valence-electron chi connectivity index (χ4n) is 3.79. The maximum absolute atomic E-state index is 13.4. The number of thioether (sulfide) groups is 1. The first kappa shape index (κ1) is 27.3. The van der Waals surface area contributed by atoms with Gasteiger partial charge in [0, 0.05) is 21.8 Å². The molecule has 4 rings (SSSR count). The Hall–Kier alpha value is -3.77. The van der Waals surface area contributed by atoms with Crippen LogP contribution in [0.4, 0.5) is 39.8 Å². The number of urea groups is 2. The Bertz CT molecular complexity index is 1370. The number of hydrogen-bond acceptors (Lipinski definition) is 5. The van der Waals surface area contributed by atoms with Gasteiger partial charge in [-0.2, -0.15) is 13.2 Å². The van der Waals surface area contributed by atoms with Crippen molar-refractivity contribution in [3.05, 3.63) is 77.6 Å². The summed E-state index contributed by atoms with van der Waals surface area (Å²) in [6.45, 7) is 3.10. The number of nitrogens with one attached hydrogen (secondary N) is 2. The van der Waals surface area contributed by atoms with Crippen LogP contribution in [-0.4, -0.2) is 38.9 Å². The second kappa shape index (κ2) is 10.5. The van der Waals surface area contributed by atoms with Crippen LogP contribution in [0.2, 0.25) is 5.02 Å².